The quantitative estimate of drug-likeness (QED) is 0.852. The molecular formula is C17H22N2O3S. The van der Waals surface area contributed by atoms with Crippen LogP contribution in [0.4, 0.5) is 5.69 Å². The zero-order chi connectivity index (χ0) is 17.0. The number of aryl methyl sites for hydroxylation is 1. The molecule has 124 valence electrons. The summed E-state index contributed by atoms with van der Waals surface area (Å²) in [6, 6.07) is 12.8. The molecule has 2 aromatic carbocycles. The van der Waals surface area contributed by atoms with Gasteiger partial charge in [0.1, 0.15) is 5.75 Å². The molecule has 0 aliphatic carbocycles. The lowest BCUT2D eigenvalue weighted by Gasteiger charge is -2.18. The van der Waals surface area contributed by atoms with Crippen molar-refractivity contribution in [3.63, 3.8) is 0 Å². The number of nitrogens with one attached hydrogen (secondary N) is 2. The van der Waals surface area contributed by atoms with Crippen LogP contribution >= 0.6 is 0 Å². The molecule has 0 amide bonds. The van der Waals surface area contributed by atoms with Gasteiger partial charge in [-0.3, -0.25) is 0 Å². The second-order valence-electron chi connectivity index (χ2n) is 5.35. The molecule has 6 heteroatoms. The molecular weight excluding hydrogens is 312 g/mol. The molecule has 5 nitrogen and oxygen atoms in total. The van der Waals surface area contributed by atoms with E-state index in [4.69, 9.17) is 4.74 Å². The molecule has 0 saturated heterocycles. The second-order valence-corrected chi connectivity index (χ2v) is 7.23. The second kappa shape index (κ2) is 7.02. The maximum absolute atomic E-state index is 11.8. The summed E-state index contributed by atoms with van der Waals surface area (Å²) in [5, 5.41) is 3.40. The van der Waals surface area contributed by atoms with Crippen molar-refractivity contribution in [3.05, 3.63) is 53.6 Å². The molecule has 2 aromatic rings. The Bertz CT molecular complexity index is 771. The highest BCUT2D eigenvalue weighted by atomic mass is 32.2. The van der Waals surface area contributed by atoms with Gasteiger partial charge in [-0.05, 0) is 56.3 Å². The number of methoxy groups -OCH3 is 1. The topological polar surface area (TPSA) is 67.4 Å². The minimum absolute atomic E-state index is 0.0111. The van der Waals surface area contributed by atoms with E-state index >= 15 is 0 Å². The van der Waals surface area contributed by atoms with Crippen molar-refractivity contribution in [1.82, 2.24) is 4.72 Å². The fraction of sp³-hybridized carbons (Fsp3) is 0.294. The van der Waals surface area contributed by atoms with Crippen LogP contribution in [0, 0.1) is 6.92 Å². The molecule has 0 radical (unpaired) electrons. The summed E-state index contributed by atoms with van der Waals surface area (Å²) in [5.74, 6) is 0.775. The molecule has 0 spiro atoms. The first-order chi connectivity index (χ1) is 10.9. The molecule has 1 atom stereocenters. The van der Waals surface area contributed by atoms with E-state index in [0.717, 1.165) is 22.6 Å². The summed E-state index contributed by atoms with van der Waals surface area (Å²) < 4.78 is 31.2. The van der Waals surface area contributed by atoms with Crippen LogP contribution in [0.5, 0.6) is 5.75 Å². The molecule has 0 unspecified atom stereocenters. The Morgan fingerprint density at radius 3 is 2.30 bits per heavy atom. The van der Waals surface area contributed by atoms with E-state index in [9.17, 15) is 8.42 Å². The number of sulfonamides is 1. The van der Waals surface area contributed by atoms with Gasteiger partial charge in [0.2, 0.25) is 10.0 Å². The summed E-state index contributed by atoms with van der Waals surface area (Å²) in [7, 11) is -0.369. The van der Waals surface area contributed by atoms with E-state index in [2.05, 4.69) is 10.0 Å². The zero-order valence-corrected chi connectivity index (χ0v) is 14.6. The summed E-state index contributed by atoms with van der Waals surface area (Å²) in [6.45, 7) is 4.04. The predicted molar refractivity (Wildman–Crippen MR) is 92.5 cm³/mol. The smallest absolute Gasteiger partial charge is 0.240 e. The Kier molecular flexibility index (Phi) is 5.28. The SMILES string of the molecule is CNS(=O)(=O)c1ccc([C@H](C)Nc2cc(C)ccc2OC)cc1. The highest BCUT2D eigenvalue weighted by Crippen LogP contribution is 2.29. The molecule has 23 heavy (non-hydrogen) atoms. The van der Waals surface area contributed by atoms with Crippen LogP contribution in [0.3, 0.4) is 0 Å². The van der Waals surface area contributed by atoms with Crippen LogP contribution in [0.2, 0.25) is 0 Å². The first-order valence-electron chi connectivity index (χ1n) is 7.32. The van der Waals surface area contributed by atoms with Gasteiger partial charge in [0.15, 0.2) is 0 Å². The minimum atomic E-state index is -3.41. The first kappa shape index (κ1) is 17.3. The van der Waals surface area contributed by atoms with E-state index in [1.54, 1.807) is 19.2 Å². The molecule has 0 bridgehead atoms. The van der Waals surface area contributed by atoms with Gasteiger partial charge >= 0.3 is 0 Å². The van der Waals surface area contributed by atoms with Crippen LogP contribution in [0.1, 0.15) is 24.1 Å². The van der Waals surface area contributed by atoms with Crippen molar-refractivity contribution in [2.24, 2.45) is 0 Å². The number of anilines is 1. The number of benzene rings is 2. The normalized spacial score (nSPS) is 12.7. The third-order valence-electron chi connectivity index (χ3n) is 3.69. The van der Waals surface area contributed by atoms with E-state index in [1.165, 1.54) is 7.05 Å². The lowest BCUT2D eigenvalue weighted by molar-refractivity contribution is 0.416. The summed E-state index contributed by atoms with van der Waals surface area (Å²) in [5.41, 5.74) is 3.03. The molecule has 0 saturated carbocycles. The highest BCUT2D eigenvalue weighted by molar-refractivity contribution is 7.89. The van der Waals surface area contributed by atoms with Gasteiger partial charge in [0.05, 0.1) is 17.7 Å². The molecule has 0 fully saturated rings. The minimum Gasteiger partial charge on any atom is -0.495 e. The number of ether oxygens (including phenoxy) is 1. The molecule has 0 aromatic heterocycles. The van der Waals surface area contributed by atoms with Crippen molar-refractivity contribution >= 4 is 15.7 Å². The van der Waals surface area contributed by atoms with Crippen LogP contribution in [-0.4, -0.2) is 22.6 Å². The number of rotatable bonds is 6. The fourth-order valence-electron chi connectivity index (χ4n) is 2.30. The van der Waals surface area contributed by atoms with Gasteiger partial charge < -0.3 is 10.1 Å². The molecule has 0 heterocycles. The Morgan fingerprint density at radius 1 is 1.09 bits per heavy atom. The van der Waals surface area contributed by atoms with Crippen molar-refractivity contribution < 1.29 is 13.2 Å². The van der Waals surface area contributed by atoms with E-state index < -0.39 is 10.0 Å². The standard InChI is InChI=1S/C17H22N2O3S/c1-12-5-10-17(22-4)16(11-12)19-13(2)14-6-8-15(9-7-14)23(20,21)18-3/h5-11,13,18-19H,1-4H3/t13-/m0/s1. The lowest BCUT2D eigenvalue weighted by atomic mass is 10.1. The summed E-state index contributed by atoms with van der Waals surface area (Å²) >= 11 is 0. The summed E-state index contributed by atoms with van der Waals surface area (Å²) in [6.07, 6.45) is 0. The largest absolute Gasteiger partial charge is 0.495 e. The van der Waals surface area contributed by atoms with Gasteiger partial charge in [0.25, 0.3) is 0 Å². The van der Waals surface area contributed by atoms with Crippen molar-refractivity contribution in [1.29, 1.82) is 0 Å². The average molecular weight is 334 g/mol. The molecule has 2 N–H and O–H groups in total. The Balaban J connectivity index is 2.21. The molecule has 0 aliphatic rings. The van der Waals surface area contributed by atoms with E-state index in [1.807, 2.05) is 44.2 Å². The maximum Gasteiger partial charge on any atom is 0.240 e. The Labute approximate surface area is 137 Å². The van der Waals surface area contributed by atoms with Crippen molar-refractivity contribution in [2.75, 3.05) is 19.5 Å². The van der Waals surface area contributed by atoms with Gasteiger partial charge in [-0.25, -0.2) is 13.1 Å². The van der Waals surface area contributed by atoms with Crippen molar-refractivity contribution in [2.45, 2.75) is 24.8 Å². The Hall–Kier alpha value is -2.05. The van der Waals surface area contributed by atoms with Gasteiger partial charge in [0, 0.05) is 6.04 Å². The third kappa shape index (κ3) is 4.03. The van der Waals surface area contributed by atoms with Crippen LogP contribution in [0.15, 0.2) is 47.4 Å². The fourth-order valence-corrected chi connectivity index (χ4v) is 3.03. The Morgan fingerprint density at radius 2 is 1.74 bits per heavy atom. The van der Waals surface area contributed by atoms with Gasteiger partial charge in [-0.15, -0.1) is 0 Å². The van der Waals surface area contributed by atoms with E-state index in [-0.39, 0.29) is 10.9 Å². The molecule has 2 rings (SSSR count). The first-order valence-corrected chi connectivity index (χ1v) is 8.80. The van der Waals surface area contributed by atoms with Crippen molar-refractivity contribution in [3.8, 4) is 5.75 Å². The molecule has 0 aliphatic heterocycles. The van der Waals surface area contributed by atoms with E-state index in [0.29, 0.717) is 0 Å². The third-order valence-corrected chi connectivity index (χ3v) is 5.12. The van der Waals surface area contributed by atoms with Crippen LogP contribution in [-0.2, 0) is 10.0 Å². The monoisotopic (exact) mass is 334 g/mol. The lowest BCUT2D eigenvalue weighted by Crippen LogP contribution is -2.18. The van der Waals surface area contributed by atoms with Crippen LogP contribution in [0.25, 0.3) is 0 Å². The van der Waals surface area contributed by atoms with Gasteiger partial charge in [-0.2, -0.15) is 0 Å². The summed E-state index contributed by atoms with van der Waals surface area (Å²) in [4.78, 5) is 0.254. The predicted octanol–water partition coefficient (Wildman–Crippen LogP) is 3.08. The van der Waals surface area contributed by atoms with Gasteiger partial charge in [-0.1, -0.05) is 18.2 Å². The average Bonchev–Trinajstić information content (AvgIpc) is 2.55. The maximum atomic E-state index is 11.8. The van der Waals surface area contributed by atoms with Crippen LogP contribution < -0.4 is 14.8 Å². The zero-order valence-electron chi connectivity index (χ0n) is 13.8. The number of hydrogen-bond acceptors (Lipinski definition) is 4. The number of hydrogen-bond donors (Lipinski definition) is 2. The highest BCUT2D eigenvalue weighted by Gasteiger charge is 2.13.